The average Bonchev–Trinajstić information content (AvgIpc) is 3.86. The second-order valence-corrected chi connectivity index (χ2v) is 12.5. The Morgan fingerprint density at radius 1 is 0.956 bits per heavy atom. The Hall–Kier alpha value is -4.60. The molecule has 1 unspecified atom stereocenters. The quantitative estimate of drug-likeness (QED) is 0.250. The largest absolute Gasteiger partial charge is 0.491 e. The van der Waals surface area contributed by atoms with Crippen molar-refractivity contribution in [2.24, 2.45) is 0 Å². The Balaban J connectivity index is 1.13. The number of fused-ring (bicyclic) bond motifs is 2. The van der Waals surface area contributed by atoms with Gasteiger partial charge in [-0.1, -0.05) is 24.3 Å². The first-order valence-electron chi connectivity index (χ1n) is 15.9. The summed E-state index contributed by atoms with van der Waals surface area (Å²) in [7, 11) is 2.18. The molecule has 9 heteroatoms. The molecular formula is C36H36N6O3. The molecule has 2 aliphatic heterocycles. The van der Waals surface area contributed by atoms with Gasteiger partial charge in [-0.2, -0.15) is 0 Å². The van der Waals surface area contributed by atoms with E-state index in [-0.39, 0.29) is 12.5 Å². The maximum atomic E-state index is 13.9. The predicted octanol–water partition coefficient (Wildman–Crippen LogP) is 5.91. The van der Waals surface area contributed by atoms with Gasteiger partial charge in [-0.3, -0.25) is 9.78 Å². The normalized spacial score (nSPS) is 18.9. The van der Waals surface area contributed by atoms with Gasteiger partial charge in [-0.05, 0) is 92.6 Å². The molecule has 2 fully saturated rings. The van der Waals surface area contributed by atoms with Gasteiger partial charge in [0.2, 0.25) is 0 Å². The van der Waals surface area contributed by atoms with Crippen LogP contribution in [0.25, 0.3) is 33.7 Å². The summed E-state index contributed by atoms with van der Waals surface area (Å²) < 4.78 is 6.07. The van der Waals surface area contributed by atoms with Gasteiger partial charge in [0.15, 0.2) is 0 Å². The van der Waals surface area contributed by atoms with Gasteiger partial charge < -0.3 is 24.6 Å². The number of likely N-dealkylation sites (tertiary alicyclic amines) is 1. The van der Waals surface area contributed by atoms with Crippen molar-refractivity contribution in [2.75, 3.05) is 38.2 Å². The number of nitrogens with zero attached hydrogens (tertiary/aromatic N) is 5. The number of nitrogens with one attached hydrogen (secondary N) is 1. The third kappa shape index (κ3) is 5.15. The number of carbonyl (C=O) groups is 1. The van der Waals surface area contributed by atoms with Crippen molar-refractivity contribution >= 4 is 22.6 Å². The van der Waals surface area contributed by atoms with Gasteiger partial charge in [0.05, 0.1) is 41.5 Å². The maximum Gasteiger partial charge on any atom is 0.262 e. The van der Waals surface area contributed by atoms with E-state index in [9.17, 15) is 9.90 Å². The van der Waals surface area contributed by atoms with Crippen LogP contribution in [0.4, 0.5) is 5.69 Å². The lowest BCUT2D eigenvalue weighted by Crippen LogP contribution is -2.33. The average molecular weight is 601 g/mol. The number of carbonyl (C=O) groups excluding carboxylic acids is 1. The number of pyridine rings is 1. The van der Waals surface area contributed by atoms with Crippen molar-refractivity contribution in [3.8, 4) is 28.4 Å². The van der Waals surface area contributed by atoms with E-state index in [2.05, 4.69) is 39.0 Å². The SMILES string of the molecule is CN1CCCC(c2ccc(-c3cc4c(-c5cccc(N6CCOc7cc(C8CC8)ccc7C6=O)c5CO)ncnc4[nH]3)nc2)C1. The zero-order valence-corrected chi connectivity index (χ0v) is 25.4. The number of hydrogen-bond acceptors (Lipinski definition) is 7. The van der Waals surface area contributed by atoms with Gasteiger partial charge in [0, 0.05) is 29.3 Å². The van der Waals surface area contributed by atoms with Crippen LogP contribution in [0.2, 0.25) is 0 Å². The Morgan fingerprint density at radius 2 is 1.84 bits per heavy atom. The number of aromatic nitrogens is 4. The van der Waals surface area contributed by atoms with Crippen LogP contribution in [-0.4, -0.2) is 69.1 Å². The first kappa shape index (κ1) is 27.9. The molecule has 1 saturated carbocycles. The smallest absolute Gasteiger partial charge is 0.262 e. The van der Waals surface area contributed by atoms with Crippen LogP contribution in [-0.2, 0) is 6.61 Å². The van der Waals surface area contributed by atoms with Crippen molar-refractivity contribution in [3.63, 3.8) is 0 Å². The van der Waals surface area contributed by atoms with Crippen molar-refractivity contribution in [2.45, 2.75) is 44.1 Å². The van der Waals surface area contributed by atoms with Gasteiger partial charge in [-0.25, -0.2) is 9.97 Å². The zero-order valence-electron chi connectivity index (χ0n) is 25.4. The van der Waals surface area contributed by atoms with E-state index in [1.54, 1.807) is 4.90 Å². The predicted molar refractivity (Wildman–Crippen MR) is 174 cm³/mol. The number of amides is 1. The number of anilines is 1. The molecule has 0 spiro atoms. The molecule has 1 amide bonds. The summed E-state index contributed by atoms with van der Waals surface area (Å²) in [6, 6.07) is 18.0. The fourth-order valence-electron chi connectivity index (χ4n) is 6.98. The molecule has 1 atom stereocenters. The van der Waals surface area contributed by atoms with Gasteiger partial charge >= 0.3 is 0 Å². The monoisotopic (exact) mass is 600 g/mol. The molecule has 5 heterocycles. The second-order valence-electron chi connectivity index (χ2n) is 12.5. The van der Waals surface area contributed by atoms with Crippen molar-refractivity contribution in [1.82, 2.24) is 24.8 Å². The minimum atomic E-state index is -0.258. The highest BCUT2D eigenvalue weighted by Crippen LogP contribution is 2.43. The third-order valence-corrected chi connectivity index (χ3v) is 9.54. The second kappa shape index (κ2) is 11.4. The summed E-state index contributed by atoms with van der Waals surface area (Å²) >= 11 is 0. The van der Waals surface area contributed by atoms with Crippen molar-refractivity contribution in [3.05, 3.63) is 89.4 Å². The summed E-state index contributed by atoms with van der Waals surface area (Å²) in [5.41, 5.74) is 8.12. The Bertz CT molecular complexity index is 1900. The number of benzene rings is 2. The first-order chi connectivity index (χ1) is 22.1. The third-order valence-electron chi connectivity index (χ3n) is 9.54. The van der Waals surface area contributed by atoms with E-state index in [0.717, 1.165) is 35.4 Å². The highest BCUT2D eigenvalue weighted by Gasteiger charge is 2.30. The van der Waals surface area contributed by atoms with Gasteiger partial charge in [-0.15, -0.1) is 0 Å². The molecule has 5 aromatic rings. The number of ether oxygens (including phenoxy) is 1. The molecule has 0 bridgehead atoms. The highest BCUT2D eigenvalue weighted by atomic mass is 16.5. The van der Waals surface area contributed by atoms with Crippen LogP contribution in [0.1, 0.15) is 64.6 Å². The fraction of sp³-hybridized carbons (Fsp3) is 0.333. The van der Waals surface area contributed by atoms with E-state index in [1.807, 2.05) is 48.7 Å². The molecule has 3 aliphatic rings. The van der Waals surface area contributed by atoms with Crippen LogP contribution in [0.5, 0.6) is 5.75 Å². The molecule has 2 aromatic carbocycles. The summed E-state index contributed by atoms with van der Waals surface area (Å²) in [6.45, 7) is 2.69. The minimum Gasteiger partial charge on any atom is -0.491 e. The molecule has 1 saturated heterocycles. The lowest BCUT2D eigenvalue weighted by Gasteiger charge is -2.29. The van der Waals surface area contributed by atoms with Crippen LogP contribution < -0.4 is 9.64 Å². The molecule has 3 aromatic heterocycles. The number of aliphatic hydroxyl groups excluding tert-OH is 1. The van der Waals surface area contributed by atoms with Crippen LogP contribution in [0.3, 0.4) is 0 Å². The number of likely N-dealkylation sites (N-methyl/N-ethyl adjacent to an activating group) is 1. The van der Waals surface area contributed by atoms with Gasteiger partial charge in [0.1, 0.15) is 24.3 Å². The van der Waals surface area contributed by atoms with E-state index in [1.165, 1.54) is 43.1 Å². The number of piperidine rings is 1. The molecule has 1 aliphatic carbocycles. The lowest BCUT2D eigenvalue weighted by atomic mass is 9.92. The Kier molecular flexibility index (Phi) is 7.07. The molecule has 0 radical (unpaired) electrons. The number of hydrogen-bond donors (Lipinski definition) is 2. The van der Waals surface area contributed by atoms with Crippen molar-refractivity contribution < 1.29 is 14.6 Å². The first-order valence-corrected chi connectivity index (χ1v) is 15.9. The molecule has 9 nitrogen and oxygen atoms in total. The number of rotatable bonds is 6. The van der Waals surface area contributed by atoms with E-state index in [0.29, 0.717) is 58.9 Å². The Labute approximate surface area is 261 Å². The minimum absolute atomic E-state index is 0.136. The number of aliphatic hydroxyl groups is 1. The molecule has 228 valence electrons. The topological polar surface area (TPSA) is 107 Å². The van der Waals surface area contributed by atoms with Crippen LogP contribution in [0.15, 0.2) is 67.1 Å². The summed E-state index contributed by atoms with van der Waals surface area (Å²) in [5.74, 6) is 1.58. The fourth-order valence-corrected chi connectivity index (χ4v) is 6.98. The Morgan fingerprint density at radius 3 is 2.64 bits per heavy atom. The van der Waals surface area contributed by atoms with E-state index >= 15 is 0 Å². The van der Waals surface area contributed by atoms with Crippen LogP contribution >= 0.6 is 0 Å². The zero-order chi connectivity index (χ0) is 30.5. The van der Waals surface area contributed by atoms with E-state index in [4.69, 9.17) is 9.72 Å². The highest BCUT2D eigenvalue weighted by molar-refractivity contribution is 6.09. The van der Waals surface area contributed by atoms with E-state index < -0.39 is 0 Å². The standard InChI is InChI=1S/C36H36N6O3/c1-41-13-3-4-25(19-41)24-10-12-30(37-18-24)31-17-28-34(38-21-39-35(28)40-31)26-5-2-6-32(29(26)20-43)42-14-15-45-33-16-23(22-7-8-22)9-11-27(33)36(42)44/h2,5-6,9-12,16-18,21-22,25,43H,3-4,7-8,13-15,19-20H2,1H3,(H,38,39,40). The summed E-state index contributed by atoms with van der Waals surface area (Å²) in [5, 5.41) is 11.5. The van der Waals surface area contributed by atoms with Crippen molar-refractivity contribution in [1.29, 1.82) is 0 Å². The molecular weight excluding hydrogens is 564 g/mol. The van der Waals surface area contributed by atoms with Crippen LogP contribution in [0, 0.1) is 0 Å². The number of H-pyrrole nitrogens is 1. The summed E-state index contributed by atoms with van der Waals surface area (Å²) in [4.78, 5) is 35.4. The number of aromatic amines is 1. The maximum absolute atomic E-state index is 13.9. The summed E-state index contributed by atoms with van der Waals surface area (Å²) in [6.07, 6.45) is 8.29. The lowest BCUT2D eigenvalue weighted by molar-refractivity contribution is 0.0989. The molecule has 2 N–H and O–H groups in total. The molecule has 45 heavy (non-hydrogen) atoms. The van der Waals surface area contributed by atoms with Gasteiger partial charge in [0.25, 0.3) is 5.91 Å². The molecule has 8 rings (SSSR count).